The SMILES string of the molecule is CN(Cc1cccc(C(C)(C)C)c1O)[Si](C)(C)C. The highest BCUT2D eigenvalue weighted by atomic mass is 28.3. The molecule has 0 bridgehead atoms. The van der Waals surface area contributed by atoms with Gasteiger partial charge in [0.2, 0.25) is 0 Å². The average molecular weight is 265 g/mol. The van der Waals surface area contributed by atoms with Crippen molar-refractivity contribution >= 4 is 8.24 Å². The van der Waals surface area contributed by atoms with E-state index in [0.717, 1.165) is 17.7 Å². The first-order valence-corrected chi connectivity index (χ1v) is 10.0. The van der Waals surface area contributed by atoms with Gasteiger partial charge in [0.05, 0.1) is 0 Å². The van der Waals surface area contributed by atoms with Crippen molar-refractivity contribution in [1.29, 1.82) is 0 Å². The van der Waals surface area contributed by atoms with Crippen LogP contribution >= 0.6 is 0 Å². The number of hydrogen-bond acceptors (Lipinski definition) is 2. The van der Waals surface area contributed by atoms with Gasteiger partial charge >= 0.3 is 0 Å². The second kappa shape index (κ2) is 5.06. The van der Waals surface area contributed by atoms with Crippen LogP contribution in [0.1, 0.15) is 31.9 Å². The zero-order valence-corrected chi connectivity index (χ0v) is 13.8. The van der Waals surface area contributed by atoms with Crippen molar-refractivity contribution in [3.05, 3.63) is 29.3 Å². The fourth-order valence-corrected chi connectivity index (χ4v) is 2.46. The van der Waals surface area contributed by atoms with E-state index in [-0.39, 0.29) is 5.41 Å². The summed E-state index contributed by atoms with van der Waals surface area (Å²) in [6.07, 6.45) is 0. The minimum atomic E-state index is -1.31. The van der Waals surface area contributed by atoms with Crippen molar-refractivity contribution in [2.75, 3.05) is 7.05 Å². The summed E-state index contributed by atoms with van der Waals surface area (Å²) in [7, 11) is 0.841. The normalized spacial score (nSPS) is 13.1. The van der Waals surface area contributed by atoms with Crippen molar-refractivity contribution < 1.29 is 5.11 Å². The number of benzene rings is 1. The first-order chi connectivity index (χ1) is 8.03. The molecule has 0 aliphatic heterocycles. The van der Waals surface area contributed by atoms with Gasteiger partial charge in [-0.2, -0.15) is 0 Å². The van der Waals surface area contributed by atoms with Gasteiger partial charge in [-0.25, -0.2) is 0 Å². The molecule has 3 heteroatoms. The summed E-state index contributed by atoms with van der Waals surface area (Å²) in [5.74, 6) is 0.468. The number of rotatable bonds is 3. The van der Waals surface area contributed by atoms with E-state index in [4.69, 9.17) is 0 Å². The molecule has 1 rings (SSSR count). The zero-order valence-electron chi connectivity index (χ0n) is 12.8. The molecule has 0 heterocycles. The predicted octanol–water partition coefficient (Wildman–Crippen LogP) is 3.96. The number of aromatic hydroxyl groups is 1. The van der Waals surface area contributed by atoms with Crippen molar-refractivity contribution in [3.63, 3.8) is 0 Å². The Bertz CT molecular complexity index is 415. The third-order valence-electron chi connectivity index (χ3n) is 3.48. The van der Waals surface area contributed by atoms with Gasteiger partial charge < -0.3 is 9.67 Å². The van der Waals surface area contributed by atoms with E-state index in [1.165, 1.54) is 0 Å². The monoisotopic (exact) mass is 265 g/mol. The highest BCUT2D eigenvalue weighted by Gasteiger charge is 2.23. The fraction of sp³-hybridized carbons (Fsp3) is 0.600. The average Bonchev–Trinajstić information content (AvgIpc) is 2.17. The van der Waals surface area contributed by atoms with Crippen molar-refractivity contribution in [1.82, 2.24) is 4.57 Å². The summed E-state index contributed by atoms with van der Waals surface area (Å²) in [6.45, 7) is 14.2. The minimum absolute atomic E-state index is 0.0160. The molecule has 0 saturated carbocycles. The van der Waals surface area contributed by atoms with E-state index >= 15 is 0 Å². The largest absolute Gasteiger partial charge is 0.507 e. The smallest absolute Gasteiger partial charge is 0.123 e. The lowest BCUT2D eigenvalue weighted by atomic mass is 9.85. The van der Waals surface area contributed by atoms with Gasteiger partial charge in [0.25, 0.3) is 0 Å². The third-order valence-corrected chi connectivity index (χ3v) is 5.93. The summed E-state index contributed by atoms with van der Waals surface area (Å²) >= 11 is 0. The van der Waals surface area contributed by atoms with Crippen LogP contribution in [0.25, 0.3) is 0 Å². The van der Waals surface area contributed by atoms with Crippen LogP contribution in [0.2, 0.25) is 19.6 Å². The van der Waals surface area contributed by atoms with Crippen molar-refractivity contribution in [2.24, 2.45) is 0 Å². The first kappa shape index (κ1) is 15.3. The Labute approximate surface area is 113 Å². The maximum Gasteiger partial charge on any atom is 0.123 e. The maximum absolute atomic E-state index is 10.4. The Morgan fingerprint density at radius 2 is 1.72 bits per heavy atom. The van der Waals surface area contributed by atoms with Gasteiger partial charge in [-0.05, 0) is 18.0 Å². The molecule has 0 spiro atoms. The Kier molecular flexibility index (Phi) is 4.29. The molecule has 0 amide bonds. The summed E-state index contributed by atoms with van der Waals surface area (Å²) in [4.78, 5) is 0. The van der Waals surface area contributed by atoms with Crippen LogP contribution in [0, 0.1) is 0 Å². The van der Waals surface area contributed by atoms with Crippen LogP contribution in [0.3, 0.4) is 0 Å². The zero-order chi connectivity index (χ0) is 14.1. The molecule has 0 aromatic heterocycles. The Hall–Kier alpha value is -0.803. The van der Waals surface area contributed by atoms with E-state index in [1.807, 2.05) is 18.2 Å². The van der Waals surface area contributed by atoms with Crippen LogP contribution < -0.4 is 0 Å². The second-order valence-corrected chi connectivity index (χ2v) is 12.2. The number of nitrogens with zero attached hydrogens (tertiary/aromatic N) is 1. The highest BCUT2D eigenvalue weighted by Crippen LogP contribution is 2.33. The molecule has 0 fully saturated rings. The maximum atomic E-state index is 10.4. The molecule has 2 nitrogen and oxygen atoms in total. The van der Waals surface area contributed by atoms with Gasteiger partial charge in [0.15, 0.2) is 0 Å². The Balaban J connectivity index is 3.06. The third kappa shape index (κ3) is 3.59. The number of phenols is 1. The van der Waals surface area contributed by atoms with Crippen LogP contribution in [0.5, 0.6) is 5.75 Å². The minimum Gasteiger partial charge on any atom is -0.507 e. The standard InChI is InChI=1S/C15H27NOSi/c1-15(2,3)13-10-8-9-12(14(13)17)11-16(4)18(5,6)7/h8-10,17H,11H2,1-7H3. The fourth-order valence-electron chi connectivity index (χ4n) is 1.82. The molecular formula is C15H27NOSi. The molecule has 102 valence electrons. The summed E-state index contributed by atoms with van der Waals surface area (Å²) in [5.41, 5.74) is 2.05. The quantitative estimate of drug-likeness (QED) is 0.836. The molecule has 0 unspecified atom stereocenters. The molecule has 0 radical (unpaired) electrons. The van der Waals surface area contributed by atoms with Crippen molar-refractivity contribution in [3.8, 4) is 5.75 Å². The Morgan fingerprint density at radius 3 is 2.17 bits per heavy atom. The molecule has 1 aromatic rings. The lowest BCUT2D eigenvalue weighted by Gasteiger charge is -2.31. The van der Waals surface area contributed by atoms with E-state index in [0.29, 0.717) is 5.75 Å². The first-order valence-electron chi connectivity index (χ1n) is 6.56. The van der Waals surface area contributed by atoms with Gasteiger partial charge in [0.1, 0.15) is 14.0 Å². The van der Waals surface area contributed by atoms with Gasteiger partial charge in [0, 0.05) is 12.1 Å². The van der Waals surface area contributed by atoms with Crippen molar-refractivity contribution in [2.45, 2.75) is 52.4 Å². The topological polar surface area (TPSA) is 23.5 Å². The Morgan fingerprint density at radius 1 is 1.17 bits per heavy atom. The second-order valence-electron chi connectivity index (χ2n) is 7.09. The molecule has 0 aliphatic rings. The van der Waals surface area contributed by atoms with E-state index in [9.17, 15) is 5.11 Å². The van der Waals surface area contributed by atoms with E-state index in [1.54, 1.807) is 0 Å². The highest BCUT2D eigenvalue weighted by molar-refractivity contribution is 6.73. The lowest BCUT2D eigenvalue weighted by Crippen LogP contribution is -2.42. The molecule has 1 N–H and O–H groups in total. The van der Waals surface area contributed by atoms with Crippen LogP contribution in [-0.4, -0.2) is 25.0 Å². The number of hydrogen-bond donors (Lipinski definition) is 1. The lowest BCUT2D eigenvalue weighted by molar-refractivity contribution is 0.423. The summed E-state index contributed by atoms with van der Waals surface area (Å²) in [5, 5.41) is 10.4. The molecule has 1 aromatic carbocycles. The summed E-state index contributed by atoms with van der Waals surface area (Å²) in [6, 6.07) is 6.10. The van der Waals surface area contributed by atoms with Crippen LogP contribution in [0.4, 0.5) is 0 Å². The van der Waals surface area contributed by atoms with Crippen LogP contribution in [0.15, 0.2) is 18.2 Å². The summed E-state index contributed by atoms with van der Waals surface area (Å²) < 4.78 is 2.38. The molecule has 18 heavy (non-hydrogen) atoms. The number of phenolic OH excluding ortho intramolecular Hbond substituents is 1. The van der Waals surface area contributed by atoms with Gasteiger partial charge in [-0.3, -0.25) is 0 Å². The molecular weight excluding hydrogens is 238 g/mol. The van der Waals surface area contributed by atoms with Gasteiger partial charge in [-0.1, -0.05) is 58.6 Å². The predicted molar refractivity (Wildman–Crippen MR) is 81.6 cm³/mol. The van der Waals surface area contributed by atoms with Crippen LogP contribution in [-0.2, 0) is 12.0 Å². The molecule has 0 saturated heterocycles. The number of para-hydroxylation sites is 1. The van der Waals surface area contributed by atoms with E-state index < -0.39 is 8.24 Å². The molecule has 0 aliphatic carbocycles. The molecule has 0 atom stereocenters. The van der Waals surface area contributed by atoms with Gasteiger partial charge in [-0.15, -0.1) is 0 Å². The van der Waals surface area contributed by atoms with E-state index in [2.05, 4.69) is 52.0 Å².